The molecule has 1 aliphatic heterocycles. The van der Waals surface area contributed by atoms with Crippen LogP contribution in [0, 0.1) is 0 Å². The highest BCUT2D eigenvalue weighted by Gasteiger charge is 2.12. The lowest BCUT2D eigenvalue weighted by Gasteiger charge is -2.11. The Labute approximate surface area is 124 Å². The van der Waals surface area contributed by atoms with Gasteiger partial charge in [0.2, 0.25) is 0 Å². The third-order valence-corrected chi connectivity index (χ3v) is 4.84. The summed E-state index contributed by atoms with van der Waals surface area (Å²) in [7, 11) is -3.13. The Kier molecular flexibility index (Phi) is 3.71. The van der Waals surface area contributed by atoms with Gasteiger partial charge in [-0.25, -0.2) is 13.4 Å². The number of benzene rings is 1. The minimum Gasteiger partial charge on any atom is -0.379 e. The normalized spacial score (nSPS) is 14.7. The van der Waals surface area contributed by atoms with E-state index in [9.17, 15) is 8.42 Å². The molecule has 0 radical (unpaired) electrons. The Morgan fingerprint density at radius 3 is 2.67 bits per heavy atom. The maximum atomic E-state index is 11.4. The Morgan fingerprint density at radius 2 is 2.00 bits per heavy atom. The van der Waals surface area contributed by atoms with Gasteiger partial charge in [0.05, 0.1) is 17.1 Å². The van der Waals surface area contributed by atoms with Crippen molar-refractivity contribution in [3.63, 3.8) is 0 Å². The third-order valence-electron chi connectivity index (χ3n) is 3.71. The van der Waals surface area contributed by atoms with E-state index in [1.54, 1.807) is 24.3 Å². The zero-order chi connectivity index (χ0) is 14.9. The van der Waals surface area contributed by atoms with Crippen LogP contribution in [-0.2, 0) is 29.3 Å². The number of imidazole rings is 1. The van der Waals surface area contributed by atoms with E-state index in [4.69, 9.17) is 0 Å². The maximum Gasteiger partial charge on any atom is 0.175 e. The number of hydrogen-bond acceptors (Lipinski definition) is 4. The monoisotopic (exact) mass is 305 g/mol. The molecule has 3 rings (SSSR count). The van der Waals surface area contributed by atoms with Gasteiger partial charge in [0, 0.05) is 31.1 Å². The van der Waals surface area contributed by atoms with Crippen LogP contribution in [0.4, 0.5) is 5.69 Å². The van der Waals surface area contributed by atoms with Crippen LogP contribution in [0.25, 0.3) is 0 Å². The second kappa shape index (κ2) is 5.52. The summed E-state index contributed by atoms with van der Waals surface area (Å²) in [6, 6.07) is 6.81. The average molecular weight is 305 g/mol. The summed E-state index contributed by atoms with van der Waals surface area (Å²) < 4.78 is 25.0. The molecule has 5 nitrogen and oxygen atoms in total. The van der Waals surface area contributed by atoms with Crippen LogP contribution >= 0.6 is 0 Å². The van der Waals surface area contributed by atoms with E-state index in [0.29, 0.717) is 11.4 Å². The number of rotatable bonds is 4. The van der Waals surface area contributed by atoms with Crippen LogP contribution in [0.2, 0.25) is 0 Å². The number of aryl methyl sites for hydroxylation is 2. The molecule has 1 N–H and O–H groups in total. The Hall–Kier alpha value is -1.82. The molecule has 0 bridgehead atoms. The third kappa shape index (κ3) is 3.26. The van der Waals surface area contributed by atoms with Crippen molar-refractivity contribution < 1.29 is 8.42 Å². The van der Waals surface area contributed by atoms with Crippen molar-refractivity contribution in [1.82, 2.24) is 9.55 Å². The molecule has 112 valence electrons. The van der Waals surface area contributed by atoms with Crippen LogP contribution in [0.15, 0.2) is 35.4 Å². The first kappa shape index (κ1) is 14.1. The first-order chi connectivity index (χ1) is 10.0. The van der Waals surface area contributed by atoms with E-state index in [2.05, 4.69) is 21.1 Å². The van der Waals surface area contributed by atoms with Gasteiger partial charge >= 0.3 is 0 Å². The largest absolute Gasteiger partial charge is 0.379 e. The predicted octanol–water partition coefficient (Wildman–Crippen LogP) is 2.24. The van der Waals surface area contributed by atoms with Crippen molar-refractivity contribution in [3.8, 4) is 0 Å². The summed E-state index contributed by atoms with van der Waals surface area (Å²) in [5, 5.41) is 3.28. The number of nitrogens with zero attached hydrogens (tertiary/aromatic N) is 2. The molecule has 0 amide bonds. The minimum atomic E-state index is -3.13. The van der Waals surface area contributed by atoms with E-state index in [1.807, 2.05) is 0 Å². The standard InChI is InChI=1S/C15H19N3O2S/c1-21(19,20)14-7-5-12(6-8-14)16-10-13-11-18-9-3-2-4-15(18)17-13/h5-8,11,16H,2-4,9-10H2,1H3. The fraction of sp³-hybridized carbons (Fsp3) is 0.400. The van der Waals surface area contributed by atoms with Crippen molar-refractivity contribution >= 4 is 15.5 Å². The number of nitrogens with one attached hydrogen (secondary N) is 1. The summed E-state index contributed by atoms with van der Waals surface area (Å²) in [6.45, 7) is 1.71. The lowest BCUT2D eigenvalue weighted by molar-refractivity contribution is 0.522. The fourth-order valence-corrected chi connectivity index (χ4v) is 3.20. The second-order valence-electron chi connectivity index (χ2n) is 5.45. The number of aromatic nitrogens is 2. The van der Waals surface area contributed by atoms with Gasteiger partial charge in [-0.05, 0) is 37.1 Å². The lowest BCUT2D eigenvalue weighted by Crippen LogP contribution is -2.08. The van der Waals surface area contributed by atoms with Crippen LogP contribution in [0.3, 0.4) is 0 Å². The molecule has 2 aromatic rings. The lowest BCUT2D eigenvalue weighted by atomic mass is 10.2. The van der Waals surface area contributed by atoms with Gasteiger partial charge in [-0.2, -0.15) is 0 Å². The van der Waals surface area contributed by atoms with Gasteiger partial charge < -0.3 is 9.88 Å². The molecule has 0 spiro atoms. The Morgan fingerprint density at radius 1 is 1.24 bits per heavy atom. The first-order valence-corrected chi connectivity index (χ1v) is 9.00. The van der Waals surface area contributed by atoms with Gasteiger partial charge in [-0.15, -0.1) is 0 Å². The molecule has 0 saturated heterocycles. The molecule has 21 heavy (non-hydrogen) atoms. The van der Waals surface area contributed by atoms with E-state index in [0.717, 1.165) is 24.3 Å². The van der Waals surface area contributed by atoms with Crippen molar-refractivity contribution in [2.45, 2.75) is 37.2 Å². The molecule has 0 aliphatic carbocycles. The van der Waals surface area contributed by atoms with Gasteiger partial charge in [-0.3, -0.25) is 0 Å². The van der Waals surface area contributed by atoms with Gasteiger partial charge in [0.1, 0.15) is 5.82 Å². The van der Waals surface area contributed by atoms with Crippen LogP contribution in [0.5, 0.6) is 0 Å². The van der Waals surface area contributed by atoms with Crippen molar-refractivity contribution in [2.75, 3.05) is 11.6 Å². The van der Waals surface area contributed by atoms with E-state index < -0.39 is 9.84 Å². The van der Waals surface area contributed by atoms with Gasteiger partial charge in [-0.1, -0.05) is 0 Å². The number of anilines is 1. The molecule has 0 saturated carbocycles. The molecule has 0 atom stereocenters. The Balaban J connectivity index is 1.66. The van der Waals surface area contributed by atoms with Crippen LogP contribution in [0.1, 0.15) is 24.4 Å². The predicted molar refractivity (Wildman–Crippen MR) is 82.0 cm³/mol. The fourth-order valence-electron chi connectivity index (χ4n) is 2.57. The second-order valence-corrected chi connectivity index (χ2v) is 7.46. The highest BCUT2D eigenvalue weighted by Crippen LogP contribution is 2.17. The molecule has 6 heteroatoms. The van der Waals surface area contributed by atoms with Gasteiger partial charge in [0.25, 0.3) is 0 Å². The summed E-state index contributed by atoms with van der Waals surface area (Å²) in [4.78, 5) is 4.97. The highest BCUT2D eigenvalue weighted by molar-refractivity contribution is 7.90. The smallest absolute Gasteiger partial charge is 0.175 e. The number of fused-ring (bicyclic) bond motifs is 1. The maximum absolute atomic E-state index is 11.4. The van der Waals surface area contributed by atoms with Crippen molar-refractivity contribution in [1.29, 1.82) is 0 Å². The molecule has 0 unspecified atom stereocenters. The summed E-state index contributed by atoms with van der Waals surface area (Å²) in [5.41, 5.74) is 1.92. The molecule has 0 fully saturated rings. The zero-order valence-corrected chi connectivity index (χ0v) is 12.9. The van der Waals surface area contributed by atoms with Gasteiger partial charge in [0.15, 0.2) is 9.84 Å². The van der Waals surface area contributed by atoms with E-state index >= 15 is 0 Å². The molecule has 2 heterocycles. The average Bonchev–Trinajstić information content (AvgIpc) is 2.87. The van der Waals surface area contributed by atoms with E-state index in [-0.39, 0.29) is 0 Å². The molecule has 1 aromatic carbocycles. The quantitative estimate of drug-likeness (QED) is 0.941. The van der Waals surface area contributed by atoms with Crippen LogP contribution < -0.4 is 5.32 Å². The first-order valence-electron chi connectivity index (χ1n) is 7.11. The number of sulfone groups is 1. The zero-order valence-electron chi connectivity index (χ0n) is 12.0. The molecule has 1 aromatic heterocycles. The summed E-state index contributed by atoms with van der Waals surface area (Å²) >= 11 is 0. The molecular weight excluding hydrogens is 286 g/mol. The molecular formula is C15H19N3O2S. The Bertz CT molecular complexity index is 709. The van der Waals surface area contributed by atoms with Crippen molar-refractivity contribution in [2.24, 2.45) is 0 Å². The number of hydrogen-bond donors (Lipinski definition) is 1. The highest BCUT2D eigenvalue weighted by atomic mass is 32.2. The minimum absolute atomic E-state index is 0.338. The SMILES string of the molecule is CS(=O)(=O)c1ccc(NCc2cn3c(n2)CCCC3)cc1. The van der Waals surface area contributed by atoms with Crippen LogP contribution in [-0.4, -0.2) is 24.2 Å². The van der Waals surface area contributed by atoms with E-state index in [1.165, 1.54) is 24.9 Å². The summed E-state index contributed by atoms with van der Waals surface area (Å²) in [6.07, 6.45) is 6.82. The van der Waals surface area contributed by atoms with Crippen molar-refractivity contribution in [3.05, 3.63) is 42.0 Å². The topological polar surface area (TPSA) is 64.0 Å². The summed E-state index contributed by atoms with van der Waals surface area (Å²) in [5.74, 6) is 1.17. The molecule has 1 aliphatic rings.